The molecule has 0 atom stereocenters. The molecule has 19 heavy (non-hydrogen) atoms. The maximum atomic E-state index is 9.36. The molecule has 2 rings (SSSR count). The molecular weight excluding hydrogens is 262 g/mol. The Bertz CT molecular complexity index is 555. The SMILES string of the molecule is CC(C)(C)n1c(CO)nnc1Cc1ccc(Cl)cc1. The lowest BCUT2D eigenvalue weighted by Gasteiger charge is -2.24. The number of nitrogens with zero attached hydrogens (tertiary/aromatic N) is 3. The zero-order chi connectivity index (χ0) is 14.0. The summed E-state index contributed by atoms with van der Waals surface area (Å²) in [5.41, 5.74) is 0.954. The molecule has 102 valence electrons. The maximum Gasteiger partial charge on any atom is 0.159 e. The molecule has 0 bridgehead atoms. The molecule has 0 amide bonds. The Balaban J connectivity index is 2.35. The fraction of sp³-hybridized carbons (Fsp3) is 0.429. The molecule has 4 nitrogen and oxygen atoms in total. The van der Waals surface area contributed by atoms with Crippen LogP contribution in [0.5, 0.6) is 0 Å². The third-order valence-corrected chi connectivity index (χ3v) is 3.14. The summed E-state index contributed by atoms with van der Waals surface area (Å²) in [5, 5.41) is 18.3. The molecule has 0 aliphatic heterocycles. The zero-order valence-corrected chi connectivity index (χ0v) is 12.1. The molecule has 0 saturated carbocycles. The van der Waals surface area contributed by atoms with E-state index in [9.17, 15) is 5.11 Å². The summed E-state index contributed by atoms with van der Waals surface area (Å²) in [6.45, 7) is 6.10. The van der Waals surface area contributed by atoms with Crippen LogP contribution in [0.3, 0.4) is 0 Å². The van der Waals surface area contributed by atoms with Crippen molar-refractivity contribution in [3.8, 4) is 0 Å². The number of benzene rings is 1. The molecule has 0 unspecified atom stereocenters. The first-order chi connectivity index (χ1) is 8.91. The zero-order valence-electron chi connectivity index (χ0n) is 11.4. The first-order valence-electron chi connectivity index (χ1n) is 6.21. The predicted molar refractivity (Wildman–Crippen MR) is 75.2 cm³/mol. The lowest BCUT2D eigenvalue weighted by molar-refractivity contribution is 0.248. The number of hydrogen-bond donors (Lipinski definition) is 1. The molecule has 0 radical (unpaired) electrons. The van der Waals surface area contributed by atoms with E-state index in [1.54, 1.807) is 0 Å². The van der Waals surface area contributed by atoms with Crippen LogP contribution >= 0.6 is 11.6 Å². The second-order valence-electron chi connectivity index (χ2n) is 5.50. The van der Waals surface area contributed by atoms with Crippen LogP contribution < -0.4 is 0 Å². The Hall–Kier alpha value is -1.39. The van der Waals surface area contributed by atoms with Crippen LogP contribution in [0.4, 0.5) is 0 Å². The van der Waals surface area contributed by atoms with E-state index in [-0.39, 0.29) is 12.1 Å². The normalized spacial score (nSPS) is 11.8. The minimum Gasteiger partial charge on any atom is -0.388 e. The molecule has 1 N–H and O–H groups in total. The summed E-state index contributed by atoms with van der Waals surface area (Å²) in [6, 6.07) is 7.68. The number of halogens is 1. The summed E-state index contributed by atoms with van der Waals surface area (Å²) in [6.07, 6.45) is 0.668. The van der Waals surface area contributed by atoms with Crippen LogP contribution in [0.2, 0.25) is 5.02 Å². The van der Waals surface area contributed by atoms with Crippen molar-refractivity contribution in [2.75, 3.05) is 0 Å². The molecule has 1 aromatic heterocycles. The Morgan fingerprint density at radius 1 is 1.11 bits per heavy atom. The van der Waals surface area contributed by atoms with E-state index in [1.807, 2.05) is 28.8 Å². The summed E-state index contributed by atoms with van der Waals surface area (Å²) in [7, 11) is 0. The first-order valence-corrected chi connectivity index (χ1v) is 6.58. The van der Waals surface area contributed by atoms with Gasteiger partial charge in [0, 0.05) is 17.0 Å². The highest BCUT2D eigenvalue weighted by molar-refractivity contribution is 6.30. The summed E-state index contributed by atoms with van der Waals surface area (Å²) >= 11 is 5.88. The van der Waals surface area contributed by atoms with Crippen LogP contribution in [0.15, 0.2) is 24.3 Å². The van der Waals surface area contributed by atoms with Crippen molar-refractivity contribution in [3.63, 3.8) is 0 Å². The number of rotatable bonds is 3. The van der Waals surface area contributed by atoms with Gasteiger partial charge in [-0.05, 0) is 38.5 Å². The van der Waals surface area contributed by atoms with Crippen molar-refractivity contribution in [2.45, 2.75) is 39.3 Å². The summed E-state index contributed by atoms with van der Waals surface area (Å²) in [5.74, 6) is 1.44. The topological polar surface area (TPSA) is 50.9 Å². The molecule has 5 heteroatoms. The van der Waals surface area contributed by atoms with Crippen molar-refractivity contribution >= 4 is 11.6 Å². The molecule has 0 aliphatic rings. The van der Waals surface area contributed by atoms with E-state index in [0.29, 0.717) is 12.2 Å². The Morgan fingerprint density at radius 2 is 1.68 bits per heavy atom. The number of aliphatic hydroxyl groups is 1. The van der Waals surface area contributed by atoms with Crippen LogP contribution in [-0.4, -0.2) is 19.9 Å². The third kappa shape index (κ3) is 3.14. The van der Waals surface area contributed by atoms with Gasteiger partial charge in [0.25, 0.3) is 0 Å². The van der Waals surface area contributed by atoms with Gasteiger partial charge in [-0.15, -0.1) is 10.2 Å². The third-order valence-electron chi connectivity index (χ3n) is 2.88. The fourth-order valence-electron chi connectivity index (χ4n) is 2.13. The quantitative estimate of drug-likeness (QED) is 0.940. The van der Waals surface area contributed by atoms with Crippen molar-refractivity contribution in [1.82, 2.24) is 14.8 Å². The molecule has 0 fully saturated rings. The van der Waals surface area contributed by atoms with Gasteiger partial charge in [0.05, 0.1) is 0 Å². The predicted octanol–water partition coefficient (Wildman–Crippen LogP) is 2.77. The standard InChI is InChI=1S/C14H18ClN3O/c1-14(2,3)18-12(16-17-13(18)9-19)8-10-4-6-11(15)7-5-10/h4-7,19H,8-9H2,1-3H3. The van der Waals surface area contributed by atoms with E-state index in [2.05, 4.69) is 31.0 Å². The Labute approximate surface area is 118 Å². The highest BCUT2D eigenvalue weighted by Crippen LogP contribution is 2.21. The lowest BCUT2D eigenvalue weighted by atomic mass is 10.1. The van der Waals surface area contributed by atoms with Gasteiger partial charge in [0.1, 0.15) is 12.4 Å². The van der Waals surface area contributed by atoms with Gasteiger partial charge in [0.2, 0.25) is 0 Å². The van der Waals surface area contributed by atoms with Crippen molar-refractivity contribution in [3.05, 3.63) is 46.5 Å². The van der Waals surface area contributed by atoms with Crippen LogP contribution in [-0.2, 0) is 18.6 Å². The highest BCUT2D eigenvalue weighted by atomic mass is 35.5. The van der Waals surface area contributed by atoms with Gasteiger partial charge in [-0.25, -0.2) is 0 Å². The summed E-state index contributed by atoms with van der Waals surface area (Å²) in [4.78, 5) is 0. The van der Waals surface area contributed by atoms with E-state index < -0.39 is 0 Å². The molecule has 2 aromatic rings. The van der Waals surface area contributed by atoms with E-state index in [0.717, 1.165) is 16.4 Å². The van der Waals surface area contributed by atoms with Gasteiger partial charge < -0.3 is 9.67 Å². The maximum absolute atomic E-state index is 9.36. The van der Waals surface area contributed by atoms with Crippen LogP contribution in [0.25, 0.3) is 0 Å². The van der Waals surface area contributed by atoms with Crippen molar-refractivity contribution in [2.24, 2.45) is 0 Å². The number of aromatic nitrogens is 3. The van der Waals surface area contributed by atoms with Crippen molar-refractivity contribution < 1.29 is 5.11 Å². The second kappa shape index (κ2) is 5.31. The smallest absolute Gasteiger partial charge is 0.159 e. The highest BCUT2D eigenvalue weighted by Gasteiger charge is 2.22. The lowest BCUT2D eigenvalue weighted by Crippen LogP contribution is -2.26. The Kier molecular flexibility index (Phi) is 3.92. The van der Waals surface area contributed by atoms with Gasteiger partial charge in [0.15, 0.2) is 5.82 Å². The molecular formula is C14H18ClN3O. The summed E-state index contributed by atoms with van der Waals surface area (Å²) < 4.78 is 1.99. The molecule has 1 aromatic carbocycles. The average Bonchev–Trinajstić information content (AvgIpc) is 2.75. The largest absolute Gasteiger partial charge is 0.388 e. The number of hydrogen-bond acceptors (Lipinski definition) is 3. The van der Waals surface area contributed by atoms with E-state index in [4.69, 9.17) is 11.6 Å². The first kappa shape index (κ1) is 14.0. The Morgan fingerprint density at radius 3 is 2.21 bits per heavy atom. The van der Waals surface area contributed by atoms with Gasteiger partial charge >= 0.3 is 0 Å². The monoisotopic (exact) mass is 279 g/mol. The molecule has 0 saturated heterocycles. The van der Waals surface area contributed by atoms with Gasteiger partial charge in [-0.3, -0.25) is 0 Å². The van der Waals surface area contributed by atoms with Crippen LogP contribution in [0.1, 0.15) is 38.0 Å². The fourth-order valence-corrected chi connectivity index (χ4v) is 2.26. The van der Waals surface area contributed by atoms with Gasteiger partial charge in [-0.1, -0.05) is 23.7 Å². The second-order valence-corrected chi connectivity index (χ2v) is 5.94. The van der Waals surface area contributed by atoms with Crippen molar-refractivity contribution in [1.29, 1.82) is 0 Å². The van der Waals surface area contributed by atoms with E-state index in [1.165, 1.54) is 0 Å². The molecule has 1 heterocycles. The van der Waals surface area contributed by atoms with E-state index >= 15 is 0 Å². The average molecular weight is 280 g/mol. The van der Waals surface area contributed by atoms with Crippen LogP contribution in [0, 0.1) is 0 Å². The van der Waals surface area contributed by atoms with Gasteiger partial charge in [-0.2, -0.15) is 0 Å². The molecule has 0 aliphatic carbocycles. The minimum absolute atomic E-state index is 0.106. The molecule has 0 spiro atoms. The number of aliphatic hydroxyl groups excluding tert-OH is 1. The minimum atomic E-state index is -0.163.